The molecule has 0 saturated heterocycles. The molecule has 162 valence electrons. The summed E-state index contributed by atoms with van der Waals surface area (Å²) in [4.78, 5) is 12.2. The Kier molecular flexibility index (Phi) is 8.19. The van der Waals surface area contributed by atoms with Crippen molar-refractivity contribution in [3.8, 4) is 11.5 Å². The number of hydrogen-bond acceptors (Lipinski definition) is 4. The Balaban J connectivity index is 1.58. The predicted octanol–water partition coefficient (Wildman–Crippen LogP) is 5.93. The second-order valence-electron chi connectivity index (χ2n) is 6.96. The number of halogens is 1. The highest BCUT2D eigenvalue weighted by Crippen LogP contribution is 2.29. The van der Waals surface area contributed by atoms with Crippen LogP contribution < -0.4 is 20.1 Å². The van der Waals surface area contributed by atoms with Gasteiger partial charge in [-0.3, -0.25) is 4.79 Å². The average Bonchev–Trinajstić information content (AvgIpc) is 2.79. The molecule has 0 atom stereocenters. The van der Waals surface area contributed by atoms with Crippen molar-refractivity contribution in [1.82, 2.24) is 0 Å². The van der Waals surface area contributed by atoms with Crippen LogP contribution in [0.3, 0.4) is 0 Å². The number of carbonyl (C=O) groups is 1. The lowest BCUT2D eigenvalue weighted by Crippen LogP contribution is -2.20. The molecule has 0 spiro atoms. The van der Waals surface area contributed by atoms with E-state index >= 15 is 0 Å². The molecule has 0 unspecified atom stereocenters. The van der Waals surface area contributed by atoms with Crippen LogP contribution in [0.5, 0.6) is 11.5 Å². The fraction of sp³-hybridized carbons (Fsp3) is 0.240. The maximum atomic E-state index is 12.2. The zero-order valence-electron chi connectivity index (χ0n) is 17.8. The van der Waals surface area contributed by atoms with Crippen molar-refractivity contribution >= 4 is 28.9 Å². The molecule has 0 aliphatic carbocycles. The fourth-order valence-electron chi connectivity index (χ4n) is 2.99. The van der Waals surface area contributed by atoms with Crippen molar-refractivity contribution in [2.45, 2.75) is 26.8 Å². The first-order chi connectivity index (χ1) is 15.1. The molecule has 0 saturated carbocycles. The van der Waals surface area contributed by atoms with Crippen molar-refractivity contribution in [2.24, 2.45) is 0 Å². The Morgan fingerprint density at radius 3 is 2.19 bits per heavy atom. The highest BCUT2D eigenvalue weighted by molar-refractivity contribution is 6.30. The van der Waals surface area contributed by atoms with Gasteiger partial charge < -0.3 is 20.1 Å². The van der Waals surface area contributed by atoms with Gasteiger partial charge in [0, 0.05) is 22.9 Å². The Bertz CT molecular complexity index is 989. The summed E-state index contributed by atoms with van der Waals surface area (Å²) in [6, 6.07) is 21.1. The lowest BCUT2D eigenvalue weighted by atomic mass is 10.1. The van der Waals surface area contributed by atoms with Gasteiger partial charge in [-0.05, 0) is 73.0 Å². The summed E-state index contributed by atoms with van der Waals surface area (Å²) in [5.41, 5.74) is 4.09. The molecular formula is C25H27ClN2O3. The van der Waals surface area contributed by atoms with E-state index in [1.165, 1.54) is 5.56 Å². The van der Waals surface area contributed by atoms with Gasteiger partial charge in [0.1, 0.15) is 0 Å². The fourth-order valence-corrected chi connectivity index (χ4v) is 3.11. The van der Waals surface area contributed by atoms with Crippen LogP contribution in [-0.4, -0.2) is 19.1 Å². The zero-order valence-corrected chi connectivity index (χ0v) is 18.5. The van der Waals surface area contributed by atoms with Crippen LogP contribution in [0.1, 0.15) is 25.0 Å². The molecule has 0 aliphatic heterocycles. The maximum Gasteiger partial charge on any atom is 0.262 e. The number of nitrogens with one attached hydrogen (secondary N) is 2. The Labute approximate surface area is 188 Å². The van der Waals surface area contributed by atoms with E-state index in [0.717, 1.165) is 17.7 Å². The van der Waals surface area contributed by atoms with Crippen molar-refractivity contribution in [2.75, 3.05) is 23.8 Å². The molecular weight excluding hydrogens is 412 g/mol. The van der Waals surface area contributed by atoms with Gasteiger partial charge in [0.2, 0.25) is 0 Å². The van der Waals surface area contributed by atoms with E-state index in [1.54, 1.807) is 24.3 Å². The SMILES string of the molecule is CCOc1cc(CNc2ccc(CC)cc2)ccc1OCC(=O)Nc1ccc(Cl)cc1. The summed E-state index contributed by atoms with van der Waals surface area (Å²) in [6.45, 7) is 5.09. The number of rotatable bonds is 10. The largest absolute Gasteiger partial charge is 0.490 e. The number of ether oxygens (including phenoxy) is 2. The quantitative estimate of drug-likeness (QED) is 0.411. The average molecular weight is 439 g/mol. The highest BCUT2D eigenvalue weighted by Gasteiger charge is 2.10. The number of carbonyl (C=O) groups excluding carboxylic acids is 1. The molecule has 31 heavy (non-hydrogen) atoms. The van der Waals surface area contributed by atoms with E-state index in [-0.39, 0.29) is 12.5 Å². The standard InChI is InChI=1S/C25H27ClN2O3/c1-3-18-5-10-21(11-6-18)27-16-19-7-14-23(24(15-19)30-4-2)31-17-25(29)28-22-12-8-20(26)9-13-22/h5-15,27H,3-4,16-17H2,1-2H3,(H,28,29). The van der Waals surface area contributed by atoms with Gasteiger partial charge in [0.15, 0.2) is 18.1 Å². The normalized spacial score (nSPS) is 10.4. The molecule has 3 aromatic carbocycles. The number of benzene rings is 3. The molecule has 0 heterocycles. The molecule has 0 aromatic heterocycles. The van der Waals surface area contributed by atoms with E-state index in [4.69, 9.17) is 21.1 Å². The molecule has 6 heteroatoms. The van der Waals surface area contributed by atoms with E-state index in [1.807, 2.05) is 25.1 Å². The third-order valence-corrected chi connectivity index (χ3v) is 4.91. The number of anilines is 2. The van der Waals surface area contributed by atoms with Gasteiger partial charge in [0.05, 0.1) is 6.61 Å². The first-order valence-corrected chi connectivity index (χ1v) is 10.7. The van der Waals surface area contributed by atoms with Gasteiger partial charge >= 0.3 is 0 Å². The molecule has 3 rings (SSSR count). The van der Waals surface area contributed by atoms with Crippen LogP contribution in [0.15, 0.2) is 66.7 Å². The number of hydrogen-bond donors (Lipinski definition) is 2. The molecule has 2 N–H and O–H groups in total. The van der Waals surface area contributed by atoms with Crippen LogP contribution >= 0.6 is 11.6 Å². The minimum absolute atomic E-state index is 0.121. The van der Waals surface area contributed by atoms with Crippen LogP contribution in [0.25, 0.3) is 0 Å². The van der Waals surface area contributed by atoms with E-state index in [2.05, 4.69) is 41.8 Å². The van der Waals surface area contributed by atoms with Gasteiger partial charge in [-0.25, -0.2) is 0 Å². The lowest BCUT2D eigenvalue weighted by Gasteiger charge is -2.14. The zero-order chi connectivity index (χ0) is 22.1. The van der Waals surface area contributed by atoms with Crippen LogP contribution in [0, 0.1) is 0 Å². The van der Waals surface area contributed by atoms with E-state index in [0.29, 0.717) is 35.4 Å². The summed E-state index contributed by atoms with van der Waals surface area (Å²) in [7, 11) is 0. The topological polar surface area (TPSA) is 59.6 Å². The van der Waals surface area contributed by atoms with Crippen LogP contribution in [-0.2, 0) is 17.8 Å². The smallest absolute Gasteiger partial charge is 0.262 e. The van der Waals surface area contributed by atoms with Gasteiger partial charge in [-0.15, -0.1) is 0 Å². The van der Waals surface area contributed by atoms with Gasteiger partial charge in [-0.1, -0.05) is 36.7 Å². The van der Waals surface area contributed by atoms with Crippen molar-refractivity contribution in [3.63, 3.8) is 0 Å². The van der Waals surface area contributed by atoms with Crippen molar-refractivity contribution in [3.05, 3.63) is 82.9 Å². The van der Waals surface area contributed by atoms with E-state index < -0.39 is 0 Å². The summed E-state index contributed by atoms with van der Waals surface area (Å²) in [5.74, 6) is 0.887. The second-order valence-corrected chi connectivity index (χ2v) is 7.40. The minimum Gasteiger partial charge on any atom is -0.490 e. The van der Waals surface area contributed by atoms with Gasteiger partial charge in [0.25, 0.3) is 5.91 Å². The summed E-state index contributed by atoms with van der Waals surface area (Å²) in [6.07, 6.45) is 1.02. The first kappa shape index (κ1) is 22.5. The Morgan fingerprint density at radius 2 is 1.52 bits per heavy atom. The van der Waals surface area contributed by atoms with Crippen LogP contribution in [0.4, 0.5) is 11.4 Å². The Hall–Kier alpha value is -3.18. The molecule has 0 radical (unpaired) electrons. The first-order valence-electron chi connectivity index (χ1n) is 10.3. The van der Waals surface area contributed by atoms with Crippen molar-refractivity contribution in [1.29, 1.82) is 0 Å². The molecule has 0 fully saturated rings. The third kappa shape index (κ3) is 6.93. The molecule has 5 nitrogen and oxygen atoms in total. The number of aryl methyl sites for hydroxylation is 1. The van der Waals surface area contributed by atoms with Gasteiger partial charge in [-0.2, -0.15) is 0 Å². The third-order valence-electron chi connectivity index (χ3n) is 4.65. The molecule has 3 aromatic rings. The maximum absolute atomic E-state index is 12.2. The minimum atomic E-state index is -0.258. The summed E-state index contributed by atoms with van der Waals surface area (Å²) in [5, 5.41) is 6.80. The highest BCUT2D eigenvalue weighted by atomic mass is 35.5. The molecule has 0 aliphatic rings. The number of amides is 1. The monoisotopic (exact) mass is 438 g/mol. The lowest BCUT2D eigenvalue weighted by molar-refractivity contribution is -0.118. The van der Waals surface area contributed by atoms with Crippen LogP contribution in [0.2, 0.25) is 5.02 Å². The van der Waals surface area contributed by atoms with E-state index in [9.17, 15) is 4.79 Å². The molecule has 0 bridgehead atoms. The summed E-state index contributed by atoms with van der Waals surface area (Å²) < 4.78 is 11.4. The Morgan fingerprint density at radius 1 is 0.839 bits per heavy atom. The molecule has 1 amide bonds. The second kappa shape index (κ2) is 11.3. The summed E-state index contributed by atoms with van der Waals surface area (Å²) >= 11 is 5.86. The van der Waals surface area contributed by atoms with Crippen molar-refractivity contribution < 1.29 is 14.3 Å². The predicted molar refractivity (Wildman–Crippen MR) is 126 cm³/mol.